The molecule has 0 aromatic carbocycles. The van der Waals surface area contributed by atoms with Crippen LogP contribution in [0.3, 0.4) is 0 Å². The molecule has 0 fully saturated rings. The lowest BCUT2D eigenvalue weighted by Gasteiger charge is -2.02. The SMILES string of the molecule is Cn1nc(Br)cc1C#C[Si](C)(C)C. The maximum atomic E-state index is 4.16. The molecule has 1 rings (SSSR count). The van der Waals surface area contributed by atoms with E-state index in [0.717, 1.165) is 10.3 Å². The second-order valence-corrected chi connectivity index (χ2v) is 9.54. The van der Waals surface area contributed by atoms with E-state index in [2.05, 4.69) is 52.1 Å². The number of nitrogens with zero attached hydrogens (tertiary/aromatic N) is 2. The van der Waals surface area contributed by atoms with Gasteiger partial charge in [0.15, 0.2) is 0 Å². The monoisotopic (exact) mass is 256 g/mol. The van der Waals surface area contributed by atoms with Crippen molar-refractivity contribution in [1.29, 1.82) is 0 Å². The van der Waals surface area contributed by atoms with Gasteiger partial charge in [0.2, 0.25) is 0 Å². The van der Waals surface area contributed by atoms with Crippen molar-refractivity contribution in [1.82, 2.24) is 9.78 Å². The van der Waals surface area contributed by atoms with Gasteiger partial charge in [0, 0.05) is 13.1 Å². The van der Waals surface area contributed by atoms with E-state index in [4.69, 9.17) is 0 Å². The first-order valence-electron chi connectivity index (χ1n) is 4.11. The molecule has 1 aromatic heterocycles. The van der Waals surface area contributed by atoms with E-state index in [1.165, 1.54) is 0 Å². The van der Waals surface area contributed by atoms with Gasteiger partial charge in [0.1, 0.15) is 18.4 Å². The Morgan fingerprint density at radius 3 is 2.46 bits per heavy atom. The molecule has 0 atom stereocenters. The Labute approximate surface area is 88.5 Å². The fourth-order valence-corrected chi connectivity index (χ4v) is 1.76. The van der Waals surface area contributed by atoms with Crippen LogP contribution < -0.4 is 0 Å². The average molecular weight is 257 g/mol. The summed E-state index contributed by atoms with van der Waals surface area (Å²) >= 11 is 3.32. The molecule has 0 aliphatic heterocycles. The fraction of sp³-hybridized carbons (Fsp3) is 0.444. The van der Waals surface area contributed by atoms with Gasteiger partial charge in [-0.2, -0.15) is 5.10 Å². The molecule has 0 amide bonds. The van der Waals surface area contributed by atoms with Gasteiger partial charge in [-0.3, -0.25) is 4.68 Å². The minimum Gasteiger partial charge on any atom is -0.259 e. The summed E-state index contributed by atoms with van der Waals surface area (Å²) < 4.78 is 2.63. The Hall–Kier alpha value is -0.533. The molecule has 4 heteroatoms. The van der Waals surface area contributed by atoms with Crippen LogP contribution in [0.1, 0.15) is 5.69 Å². The number of aryl methyl sites for hydroxylation is 1. The maximum Gasteiger partial charge on any atom is 0.129 e. The second-order valence-electron chi connectivity index (χ2n) is 3.98. The third-order valence-corrected chi connectivity index (χ3v) is 2.68. The number of hydrogen-bond acceptors (Lipinski definition) is 1. The predicted octanol–water partition coefficient (Wildman–Crippen LogP) is 2.41. The first-order valence-corrected chi connectivity index (χ1v) is 8.40. The summed E-state index contributed by atoms with van der Waals surface area (Å²) in [6.45, 7) is 6.68. The van der Waals surface area contributed by atoms with Gasteiger partial charge in [0.25, 0.3) is 0 Å². The zero-order chi connectivity index (χ0) is 10.1. The largest absolute Gasteiger partial charge is 0.259 e. The van der Waals surface area contributed by atoms with Crippen LogP contribution in [0.5, 0.6) is 0 Å². The highest BCUT2D eigenvalue weighted by molar-refractivity contribution is 9.10. The highest BCUT2D eigenvalue weighted by atomic mass is 79.9. The number of halogens is 1. The van der Waals surface area contributed by atoms with E-state index in [9.17, 15) is 0 Å². The quantitative estimate of drug-likeness (QED) is 0.515. The Morgan fingerprint density at radius 1 is 1.46 bits per heavy atom. The van der Waals surface area contributed by atoms with Gasteiger partial charge in [-0.25, -0.2) is 0 Å². The molecule has 0 saturated heterocycles. The van der Waals surface area contributed by atoms with Crippen molar-refractivity contribution in [3.63, 3.8) is 0 Å². The van der Waals surface area contributed by atoms with Crippen molar-refractivity contribution in [2.45, 2.75) is 19.6 Å². The highest BCUT2D eigenvalue weighted by Gasteiger charge is 2.08. The average Bonchev–Trinajstić information content (AvgIpc) is 2.24. The van der Waals surface area contributed by atoms with Crippen LogP contribution in [0.15, 0.2) is 10.7 Å². The van der Waals surface area contributed by atoms with Gasteiger partial charge in [-0.1, -0.05) is 25.6 Å². The molecule has 0 aliphatic carbocycles. The van der Waals surface area contributed by atoms with Gasteiger partial charge in [-0.15, -0.1) is 5.54 Å². The van der Waals surface area contributed by atoms with Crippen LogP contribution in [0.2, 0.25) is 19.6 Å². The van der Waals surface area contributed by atoms with E-state index >= 15 is 0 Å². The summed E-state index contributed by atoms with van der Waals surface area (Å²) in [4.78, 5) is 0. The van der Waals surface area contributed by atoms with Crippen molar-refractivity contribution < 1.29 is 0 Å². The Bertz CT molecular complexity index is 365. The molecule has 1 heterocycles. The van der Waals surface area contributed by atoms with Gasteiger partial charge >= 0.3 is 0 Å². The van der Waals surface area contributed by atoms with Crippen molar-refractivity contribution in [3.05, 3.63) is 16.4 Å². The van der Waals surface area contributed by atoms with E-state index in [1.54, 1.807) is 4.68 Å². The van der Waals surface area contributed by atoms with Gasteiger partial charge in [0.05, 0.1) is 0 Å². The summed E-state index contributed by atoms with van der Waals surface area (Å²) in [6.07, 6.45) is 0. The van der Waals surface area contributed by atoms with Crippen LogP contribution in [-0.2, 0) is 7.05 Å². The molecule has 0 spiro atoms. The summed E-state index contributed by atoms with van der Waals surface area (Å²) in [5.41, 5.74) is 4.27. The number of aromatic nitrogens is 2. The van der Waals surface area contributed by atoms with E-state index in [0.29, 0.717) is 0 Å². The zero-order valence-electron chi connectivity index (χ0n) is 8.35. The molecule has 70 valence electrons. The molecule has 2 nitrogen and oxygen atoms in total. The second kappa shape index (κ2) is 3.68. The molecule has 0 bridgehead atoms. The van der Waals surface area contributed by atoms with E-state index in [-0.39, 0.29) is 0 Å². The number of hydrogen-bond donors (Lipinski definition) is 0. The number of rotatable bonds is 0. The zero-order valence-corrected chi connectivity index (χ0v) is 10.9. The van der Waals surface area contributed by atoms with Crippen LogP contribution >= 0.6 is 15.9 Å². The summed E-state index contributed by atoms with van der Waals surface area (Å²) in [5, 5.41) is 4.16. The molecule has 0 N–H and O–H groups in total. The van der Waals surface area contributed by atoms with Crippen molar-refractivity contribution >= 4 is 24.0 Å². The van der Waals surface area contributed by atoms with Crippen LogP contribution in [0.25, 0.3) is 0 Å². The molecule has 0 radical (unpaired) electrons. The summed E-state index contributed by atoms with van der Waals surface area (Å²) in [6, 6.07) is 1.94. The lowest BCUT2D eigenvalue weighted by Crippen LogP contribution is -2.16. The summed E-state index contributed by atoms with van der Waals surface area (Å²) in [7, 11) is 0.631. The van der Waals surface area contributed by atoms with Crippen molar-refractivity contribution in [2.75, 3.05) is 0 Å². The molecule has 0 aliphatic rings. The summed E-state index contributed by atoms with van der Waals surface area (Å²) in [5.74, 6) is 3.16. The van der Waals surface area contributed by atoms with Crippen molar-refractivity contribution in [2.24, 2.45) is 7.05 Å². The first-order chi connectivity index (χ1) is 5.88. The van der Waals surface area contributed by atoms with Crippen LogP contribution in [0, 0.1) is 11.5 Å². The first kappa shape index (κ1) is 10.5. The normalized spacial score (nSPS) is 10.8. The third kappa shape index (κ3) is 3.37. The minimum absolute atomic E-state index is 0.842. The highest BCUT2D eigenvalue weighted by Crippen LogP contribution is 2.08. The van der Waals surface area contributed by atoms with Crippen molar-refractivity contribution in [3.8, 4) is 11.5 Å². The van der Waals surface area contributed by atoms with Gasteiger partial charge in [-0.05, 0) is 15.9 Å². The predicted molar refractivity (Wildman–Crippen MR) is 61.1 cm³/mol. The van der Waals surface area contributed by atoms with Crippen LogP contribution in [0.4, 0.5) is 0 Å². The lowest BCUT2D eigenvalue weighted by molar-refractivity contribution is 0.751. The molecule has 0 saturated carbocycles. The Kier molecular flexibility index (Phi) is 2.99. The standard InChI is InChI=1S/C9H13BrN2Si/c1-12-8(7-9(10)11-12)5-6-13(2,3)4/h7H,1-4H3. The smallest absolute Gasteiger partial charge is 0.129 e. The molecule has 13 heavy (non-hydrogen) atoms. The minimum atomic E-state index is -1.27. The molecule has 1 aromatic rings. The van der Waals surface area contributed by atoms with E-state index in [1.807, 2.05) is 13.1 Å². The molecule has 0 unspecified atom stereocenters. The van der Waals surface area contributed by atoms with Crippen LogP contribution in [-0.4, -0.2) is 17.9 Å². The topological polar surface area (TPSA) is 17.8 Å². The fourth-order valence-electron chi connectivity index (χ4n) is 0.801. The Morgan fingerprint density at radius 2 is 2.08 bits per heavy atom. The molecular formula is C9H13BrN2Si. The molecular weight excluding hydrogens is 244 g/mol. The lowest BCUT2D eigenvalue weighted by atomic mass is 10.4. The van der Waals surface area contributed by atoms with E-state index < -0.39 is 8.07 Å². The Balaban J connectivity index is 2.96. The van der Waals surface area contributed by atoms with Gasteiger partial charge < -0.3 is 0 Å². The third-order valence-electron chi connectivity index (χ3n) is 1.42. The maximum absolute atomic E-state index is 4.16.